The van der Waals surface area contributed by atoms with E-state index in [-0.39, 0.29) is 5.16 Å². The van der Waals surface area contributed by atoms with Crippen molar-refractivity contribution in [2.75, 3.05) is 9.13 Å². The zero-order chi connectivity index (χ0) is 21.2. The number of rotatable bonds is 6. The Morgan fingerprint density at radius 1 is 0.643 bits per heavy atom. The maximum Gasteiger partial charge on any atom is 0.155 e. The first-order valence-electron chi connectivity index (χ1n) is 10.1. The molecule has 2 aromatic rings. The van der Waals surface area contributed by atoms with Crippen molar-refractivity contribution in [1.82, 2.24) is 0 Å². The Morgan fingerprint density at radius 3 is 1.21 bits per heavy atom. The van der Waals surface area contributed by atoms with Gasteiger partial charge < -0.3 is 9.13 Å². The van der Waals surface area contributed by atoms with Gasteiger partial charge >= 0.3 is 0 Å². The molecule has 2 aromatic carbocycles. The molecule has 0 saturated heterocycles. The summed E-state index contributed by atoms with van der Waals surface area (Å²) in [5.74, 6) is 0. The zero-order valence-corrected chi connectivity index (χ0v) is 22.0. The number of anilines is 2. The van der Waals surface area contributed by atoms with Gasteiger partial charge in [-0.15, -0.1) is 0 Å². The molecule has 152 valence electrons. The van der Waals surface area contributed by atoms with Gasteiger partial charge in [-0.2, -0.15) is 0 Å². The van der Waals surface area contributed by atoms with Crippen LogP contribution in [0.3, 0.4) is 0 Å². The van der Waals surface area contributed by atoms with Gasteiger partial charge in [0.25, 0.3) is 0 Å². The fourth-order valence-corrected chi connectivity index (χ4v) is 9.74. The van der Waals surface area contributed by atoms with Gasteiger partial charge in [0.2, 0.25) is 0 Å². The minimum Gasteiger partial charge on any atom is -0.353 e. The first-order chi connectivity index (χ1) is 12.8. The Hall–Kier alpha value is -1.36. The molecular formula is C23H37N2PSi2. The lowest BCUT2D eigenvalue weighted by Crippen LogP contribution is -2.62. The molecular weight excluding hydrogens is 391 g/mol. The lowest BCUT2D eigenvalue weighted by atomic mass is 10.3. The van der Waals surface area contributed by atoms with Crippen LogP contribution in [0.5, 0.6) is 0 Å². The summed E-state index contributed by atoms with van der Waals surface area (Å²) in [6.45, 7) is 21.7. The second-order valence-corrected chi connectivity index (χ2v) is 21.8. The number of para-hydroxylation sites is 2. The van der Waals surface area contributed by atoms with Gasteiger partial charge in [-0.05, 0) is 24.3 Å². The summed E-state index contributed by atoms with van der Waals surface area (Å²) >= 11 is 0. The summed E-state index contributed by atoms with van der Waals surface area (Å²) in [4.78, 5) is 0. The molecule has 2 nitrogen and oxygen atoms in total. The maximum atomic E-state index is 2.69. The fourth-order valence-electron chi connectivity index (χ4n) is 3.26. The van der Waals surface area contributed by atoms with E-state index in [0.717, 1.165) is 0 Å². The summed E-state index contributed by atoms with van der Waals surface area (Å²) in [5.41, 5.74) is 4.06. The van der Waals surface area contributed by atoms with Gasteiger partial charge in [-0.1, -0.05) is 105 Å². The van der Waals surface area contributed by atoms with E-state index in [1.54, 1.807) is 0 Å². The summed E-state index contributed by atoms with van der Waals surface area (Å²) in [6.07, 6.45) is 0. The minimum atomic E-state index is -1.69. The Morgan fingerprint density at radius 2 is 0.964 bits per heavy atom. The van der Waals surface area contributed by atoms with Gasteiger partial charge in [0.15, 0.2) is 16.5 Å². The first kappa shape index (κ1) is 22.9. The molecule has 0 unspecified atom stereocenters. The van der Waals surface area contributed by atoms with Crippen LogP contribution in [0.25, 0.3) is 0 Å². The van der Waals surface area contributed by atoms with Crippen molar-refractivity contribution in [3.05, 3.63) is 60.7 Å². The van der Waals surface area contributed by atoms with Crippen LogP contribution in [-0.2, 0) is 0 Å². The van der Waals surface area contributed by atoms with Crippen molar-refractivity contribution in [3.8, 4) is 0 Å². The molecule has 0 fully saturated rings. The summed E-state index contributed by atoms with van der Waals surface area (Å²) in [6, 6.07) is 21.9. The van der Waals surface area contributed by atoms with E-state index in [2.05, 4.69) is 130 Å². The van der Waals surface area contributed by atoms with E-state index in [1.165, 1.54) is 25.1 Å². The van der Waals surface area contributed by atoms with Crippen LogP contribution in [0.15, 0.2) is 60.7 Å². The average molecular weight is 429 g/mol. The third-order valence-electron chi connectivity index (χ3n) is 4.21. The van der Waals surface area contributed by atoms with E-state index in [1.807, 2.05) is 0 Å². The Kier molecular flexibility index (Phi) is 7.01. The van der Waals surface area contributed by atoms with Crippen LogP contribution in [-0.4, -0.2) is 27.2 Å². The molecule has 28 heavy (non-hydrogen) atoms. The van der Waals surface area contributed by atoms with Crippen LogP contribution < -0.4 is 9.13 Å². The molecule has 0 spiro atoms. The van der Waals surface area contributed by atoms with Crippen LogP contribution in [0.2, 0.25) is 39.3 Å². The smallest absolute Gasteiger partial charge is 0.155 e. The van der Waals surface area contributed by atoms with Crippen molar-refractivity contribution in [1.29, 1.82) is 0 Å². The van der Waals surface area contributed by atoms with Gasteiger partial charge in [0.1, 0.15) is 5.54 Å². The highest BCUT2D eigenvalue weighted by Gasteiger charge is 2.37. The molecule has 0 aromatic heterocycles. The Bertz CT molecular complexity index is 726. The van der Waals surface area contributed by atoms with Crippen LogP contribution in [0.4, 0.5) is 11.4 Å². The normalized spacial score (nSPS) is 12.8. The third kappa shape index (κ3) is 6.07. The van der Waals surface area contributed by atoms with E-state index < -0.39 is 16.5 Å². The van der Waals surface area contributed by atoms with E-state index in [0.29, 0.717) is 0 Å². The van der Waals surface area contributed by atoms with Crippen molar-refractivity contribution < 1.29 is 0 Å². The van der Waals surface area contributed by atoms with Crippen LogP contribution in [0.1, 0.15) is 20.8 Å². The highest BCUT2D eigenvalue weighted by molar-refractivity contribution is 7.44. The Balaban J connectivity index is 2.80. The molecule has 0 aliphatic carbocycles. The van der Waals surface area contributed by atoms with Gasteiger partial charge in [-0.3, -0.25) is 0 Å². The molecule has 0 N–H and O–H groups in total. The van der Waals surface area contributed by atoms with Crippen molar-refractivity contribution in [2.45, 2.75) is 65.2 Å². The molecule has 0 radical (unpaired) electrons. The predicted molar refractivity (Wildman–Crippen MR) is 136 cm³/mol. The van der Waals surface area contributed by atoms with Gasteiger partial charge in [-0.25, -0.2) is 0 Å². The average Bonchev–Trinajstić information content (AvgIpc) is 2.53. The lowest BCUT2D eigenvalue weighted by molar-refractivity contribution is 0.802. The monoisotopic (exact) mass is 428 g/mol. The molecule has 0 aliphatic rings. The number of hydrogen-bond acceptors (Lipinski definition) is 0. The standard InChI is InChI=1S/C23H37N2PSi2/c1-23(2,3)26-22(24(27(4,5)6)20-16-12-10-13-17-20)25(28(7,8)9)21-18-14-11-15-19-21/h10-19H,1-9H3. The molecule has 0 heterocycles. The summed E-state index contributed by atoms with van der Waals surface area (Å²) in [5, 5.41) is 0.175. The molecule has 0 aliphatic heterocycles. The minimum absolute atomic E-state index is 0.175. The SMILES string of the molecule is CC(C)(C)P=C(N(c1ccccc1)[Si](C)(C)C)N(c1ccccc1)[Si](C)(C)C. The number of nitrogens with zero attached hydrogens (tertiary/aromatic N) is 2. The summed E-state index contributed by atoms with van der Waals surface area (Å²) < 4.78 is 5.37. The largest absolute Gasteiger partial charge is 0.353 e. The maximum absolute atomic E-state index is 2.69. The second kappa shape index (κ2) is 8.56. The first-order valence-corrected chi connectivity index (χ1v) is 17.9. The van der Waals surface area contributed by atoms with Crippen LogP contribution >= 0.6 is 8.20 Å². The molecule has 2 rings (SSSR count). The number of hydrogen-bond donors (Lipinski definition) is 0. The third-order valence-corrected chi connectivity index (χ3v) is 9.48. The van der Waals surface area contributed by atoms with Crippen molar-refractivity contribution >= 4 is 41.6 Å². The molecule has 0 amide bonds. The zero-order valence-electron chi connectivity index (χ0n) is 19.1. The van der Waals surface area contributed by atoms with E-state index in [4.69, 9.17) is 0 Å². The van der Waals surface area contributed by atoms with Gasteiger partial charge in [0.05, 0.1) is 0 Å². The molecule has 5 heteroatoms. The number of benzene rings is 2. The highest BCUT2D eigenvalue weighted by Crippen LogP contribution is 2.35. The summed E-state index contributed by atoms with van der Waals surface area (Å²) in [7, 11) is -2.03. The van der Waals surface area contributed by atoms with E-state index >= 15 is 0 Å². The lowest BCUT2D eigenvalue weighted by Gasteiger charge is -2.48. The molecule has 0 atom stereocenters. The highest BCUT2D eigenvalue weighted by atomic mass is 31.1. The van der Waals surface area contributed by atoms with E-state index in [9.17, 15) is 0 Å². The van der Waals surface area contributed by atoms with Gasteiger partial charge in [0, 0.05) is 16.5 Å². The molecule has 0 saturated carbocycles. The molecule has 0 bridgehead atoms. The fraction of sp³-hybridized carbons (Fsp3) is 0.435. The Labute approximate surface area is 176 Å². The topological polar surface area (TPSA) is 6.48 Å². The quantitative estimate of drug-likeness (QED) is 0.347. The predicted octanol–water partition coefficient (Wildman–Crippen LogP) is 7.50. The van der Waals surface area contributed by atoms with Crippen LogP contribution in [0, 0.1) is 0 Å². The van der Waals surface area contributed by atoms with Crippen molar-refractivity contribution in [3.63, 3.8) is 0 Å². The van der Waals surface area contributed by atoms with Crippen molar-refractivity contribution in [2.24, 2.45) is 0 Å². The second-order valence-electron chi connectivity index (χ2n) is 10.3.